The molecule has 2 aromatic carbocycles. The van der Waals surface area contributed by atoms with Gasteiger partial charge in [0.1, 0.15) is 11.6 Å². The zero-order valence-corrected chi connectivity index (χ0v) is 16.7. The molecule has 0 saturated carbocycles. The zero-order chi connectivity index (χ0) is 21.3. The second kappa shape index (κ2) is 7.98. The number of fused-ring (bicyclic) bond motifs is 2. The van der Waals surface area contributed by atoms with E-state index >= 15 is 0 Å². The molecule has 4 rings (SSSR count). The Morgan fingerprint density at radius 3 is 2.83 bits per heavy atom. The van der Waals surface area contributed by atoms with Gasteiger partial charge in [0.05, 0.1) is 23.6 Å². The highest BCUT2D eigenvalue weighted by molar-refractivity contribution is 5.98. The molecule has 3 aromatic rings. The van der Waals surface area contributed by atoms with Crippen LogP contribution < -0.4 is 15.6 Å². The Bertz CT molecular complexity index is 1200. The molecule has 0 fully saturated rings. The Balaban J connectivity index is 1.48. The largest absolute Gasteiger partial charge is 0.497 e. The molecule has 0 bridgehead atoms. The zero-order valence-electron chi connectivity index (χ0n) is 16.7. The van der Waals surface area contributed by atoms with Crippen LogP contribution in [0.25, 0.3) is 10.9 Å². The first-order valence-corrected chi connectivity index (χ1v) is 9.65. The summed E-state index contributed by atoms with van der Waals surface area (Å²) >= 11 is 0. The van der Waals surface area contributed by atoms with Gasteiger partial charge in [-0.2, -0.15) is 0 Å². The Kier molecular flexibility index (Phi) is 5.22. The Morgan fingerprint density at radius 1 is 1.20 bits per heavy atom. The number of benzene rings is 2. The number of nitrogens with zero attached hydrogens (tertiary/aromatic N) is 2. The number of hydrogen-bond acceptors (Lipinski definition) is 6. The van der Waals surface area contributed by atoms with Gasteiger partial charge in [0.25, 0.3) is 11.5 Å². The predicted molar refractivity (Wildman–Crippen MR) is 111 cm³/mol. The van der Waals surface area contributed by atoms with Crippen molar-refractivity contribution in [3.8, 4) is 5.75 Å². The Morgan fingerprint density at radius 2 is 2.03 bits per heavy atom. The van der Waals surface area contributed by atoms with Gasteiger partial charge in [0.2, 0.25) is 0 Å². The third kappa shape index (κ3) is 3.76. The van der Waals surface area contributed by atoms with E-state index in [9.17, 15) is 14.4 Å². The monoisotopic (exact) mass is 407 g/mol. The summed E-state index contributed by atoms with van der Waals surface area (Å²) in [7, 11) is 1.53. The summed E-state index contributed by atoms with van der Waals surface area (Å²) in [5.74, 6) is 0.201. The molecule has 1 aliphatic rings. The first-order chi connectivity index (χ1) is 14.5. The molecular formula is C22H21N3O5. The molecule has 0 radical (unpaired) electrons. The summed E-state index contributed by atoms with van der Waals surface area (Å²) in [6.07, 6.45) is 0.604. The number of carbonyl (C=O) groups is 2. The number of rotatable bonds is 5. The van der Waals surface area contributed by atoms with Crippen molar-refractivity contribution in [3.05, 3.63) is 64.2 Å². The van der Waals surface area contributed by atoms with Crippen molar-refractivity contribution in [2.75, 3.05) is 12.4 Å². The van der Waals surface area contributed by atoms with Gasteiger partial charge in [-0.05, 0) is 43.7 Å². The Labute approximate surface area is 172 Å². The number of esters is 1. The number of aromatic nitrogens is 2. The van der Waals surface area contributed by atoms with Crippen LogP contribution in [-0.2, 0) is 22.5 Å². The minimum absolute atomic E-state index is 0.0987. The summed E-state index contributed by atoms with van der Waals surface area (Å²) in [5.41, 5.74) is 1.12. The van der Waals surface area contributed by atoms with Crippen LogP contribution in [0.2, 0.25) is 0 Å². The van der Waals surface area contributed by atoms with Gasteiger partial charge in [0, 0.05) is 24.7 Å². The van der Waals surface area contributed by atoms with Gasteiger partial charge in [-0.15, -0.1) is 0 Å². The molecule has 1 N–H and O–H groups in total. The van der Waals surface area contributed by atoms with E-state index in [1.807, 2.05) is 0 Å². The predicted octanol–water partition coefficient (Wildman–Crippen LogP) is 2.54. The lowest BCUT2D eigenvalue weighted by Gasteiger charge is -2.14. The SMILES string of the molecule is COc1cccc(NC(=O)[C@@H](C)OC(=O)c2ccc3c(=O)n4c(nc3c2)CCC4)c1. The van der Waals surface area contributed by atoms with E-state index in [1.165, 1.54) is 26.2 Å². The standard InChI is InChI=1S/C22H21N3O5/c1-13(20(26)23-15-5-3-6-16(12-15)29-2)30-22(28)14-8-9-17-18(11-14)24-19-7-4-10-25(19)21(17)27/h3,5-6,8-9,11-13H,4,7,10H2,1-2H3,(H,23,26)/t13-/m1/s1. The summed E-state index contributed by atoms with van der Waals surface area (Å²) in [4.78, 5) is 42.0. The van der Waals surface area contributed by atoms with Crippen molar-refractivity contribution in [1.82, 2.24) is 9.55 Å². The van der Waals surface area contributed by atoms with Crippen molar-refractivity contribution in [3.63, 3.8) is 0 Å². The van der Waals surface area contributed by atoms with Crippen molar-refractivity contribution in [1.29, 1.82) is 0 Å². The van der Waals surface area contributed by atoms with Crippen molar-refractivity contribution < 1.29 is 19.1 Å². The van der Waals surface area contributed by atoms with E-state index in [4.69, 9.17) is 9.47 Å². The molecule has 0 saturated heterocycles. The number of nitrogens with one attached hydrogen (secondary N) is 1. The maximum atomic E-state index is 12.5. The van der Waals surface area contributed by atoms with Crippen molar-refractivity contribution >= 4 is 28.5 Å². The van der Waals surface area contributed by atoms with Gasteiger partial charge in [0.15, 0.2) is 6.10 Å². The van der Waals surface area contributed by atoms with Crippen LogP contribution in [0, 0.1) is 0 Å². The molecular weight excluding hydrogens is 386 g/mol. The minimum Gasteiger partial charge on any atom is -0.497 e. The molecule has 1 aromatic heterocycles. The summed E-state index contributed by atoms with van der Waals surface area (Å²) in [6, 6.07) is 11.5. The number of methoxy groups -OCH3 is 1. The smallest absolute Gasteiger partial charge is 0.338 e. The van der Waals surface area contributed by atoms with E-state index in [-0.39, 0.29) is 11.1 Å². The van der Waals surface area contributed by atoms with Crippen LogP contribution in [-0.4, -0.2) is 34.6 Å². The van der Waals surface area contributed by atoms with Gasteiger partial charge in [-0.3, -0.25) is 14.2 Å². The highest BCUT2D eigenvalue weighted by Gasteiger charge is 2.21. The van der Waals surface area contributed by atoms with Crippen LogP contribution in [0.4, 0.5) is 5.69 Å². The summed E-state index contributed by atoms with van der Waals surface area (Å²) < 4.78 is 12.1. The number of ether oxygens (including phenoxy) is 2. The number of aryl methyl sites for hydroxylation is 1. The van der Waals surface area contributed by atoms with Crippen molar-refractivity contribution in [2.45, 2.75) is 32.4 Å². The molecule has 154 valence electrons. The summed E-state index contributed by atoms with van der Waals surface area (Å²) in [6.45, 7) is 2.16. The van der Waals surface area contributed by atoms with Crippen LogP contribution in [0.3, 0.4) is 0 Å². The minimum atomic E-state index is -1.02. The average molecular weight is 407 g/mol. The average Bonchev–Trinajstić information content (AvgIpc) is 3.22. The van der Waals surface area contributed by atoms with Gasteiger partial charge < -0.3 is 14.8 Å². The summed E-state index contributed by atoms with van der Waals surface area (Å²) in [5, 5.41) is 3.15. The second-order valence-electron chi connectivity index (χ2n) is 7.09. The quantitative estimate of drug-likeness (QED) is 0.653. The molecule has 1 atom stereocenters. The third-order valence-corrected chi connectivity index (χ3v) is 5.04. The van der Waals surface area contributed by atoms with Crippen molar-refractivity contribution in [2.24, 2.45) is 0 Å². The first kappa shape index (κ1) is 19.6. The molecule has 1 amide bonds. The molecule has 1 aliphatic heterocycles. The lowest BCUT2D eigenvalue weighted by molar-refractivity contribution is -0.123. The fourth-order valence-corrected chi connectivity index (χ4v) is 3.44. The van der Waals surface area contributed by atoms with Crippen LogP contribution in [0.15, 0.2) is 47.3 Å². The topological polar surface area (TPSA) is 99.5 Å². The molecule has 0 spiro atoms. The lowest BCUT2D eigenvalue weighted by Crippen LogP contribution is -2.30. The Hall–Kier alpha value is -3.68. The second-order valence-corrected chi connectivity index (χ2v) is 7.09. The highest BCUT2D eigenvalue weighted by atomic mass is 16.5. The van der Waals surface area contributed by atoms with E-state index in [1.54, 1.807) is 34.9 Å². The fraction of sp³-hybridized carbons (Fsp3) is 0.273. The third-order valence-electron chi connectivity index (χ3n) is 5.04. The number of amides is 1. The maximum absolute atomic E-state index is 12.5. The number of hydrogen-bond donors (Lipinski definition) is 1. The number of carbonyl (C=O) groups excluding carboxylic acids is 2. The molecule has 30 heavy (non-hydrogen) atoms. The molecule has 8 heteroatoms. The van der Waals surface area contributed by atoms with E-state index in [0.29, 0.717) is 28.9 Å². The van der Waals surface area contributed by atoms with E-state index in [0.717, 1.165) is 18.7 Å². The van der Waals surface area contributed by atoms with Crippen LogP contribution >= 0.6 is 0 Å². The maximum Gasteiger partial charge on any atom is 0.338 e. The molecule has 2 heterocycles. The van der Waals surface area contributed by atoms with Gasteiger partial charge >= 0.3 is 5.97 Å². The van der Waals surface area contributed by atoms with Gasteiger partial charge in [-0.1, -0.05) is 6.07 Å². The van der Waals surface area contributed by atoms with E-state index in [2.05, 4.69) is 10.3 Å². The van der Waals surface area contributed by atoms with Crippen LogP contribution in [0.1, 0.15) is 29.5 Å². The molecule has 0 aliphatic carbocycles. The van der Waals surface area contributed by atoms with E-state index < -0.39 is 18.0 Å². The highest BCUT2D eigenvalue weighted by Crippen LogP contribution is 2.19. The lowest BCUT2D eigenvalue weighted by atomic mass is 10.1. The normalized spacial score (nSPS) is 13.5. The van der Waals surface area contributed by atoms with Crippen LogP contribution in [0.5, 0.6) is 5.75 Å². The van der Waals surface area contributed by atoms with Gasteiger partial charge in [-0.25, -0.2) is 9.78 Å². The number of anilines is 1. The molecule has 8 nitrogen and oxygen atoms in total. The first-order valence-electron chi connectivity index (χ1n) is 9.65. The fourth-order valence-electron chi connectivity index (χ4n) is 3.44. The molecule has 0 unspecified atom stereocenters.